The van der Waals surface area contributed by atoms with Crippen LogP contribution in [0.4, 0.5) is 0 Å². The minimum atomic E-state index is -0.314. The molecule has 9 aliphatic carbocycles. The van der Waals surface area contributed by atoms with Gasteiger partial charge in [-0.2, -0.15) is 0 Å². The smallest absolute Gasteiger partial charge is 0.313 e. The molecule has 9 saturated carbocycles. The maximum atomic E-state index is 12.9. The Labute approximate surface area is 383 Å². The predicted molar refractivity (Wildman–Crippen MR) is 257 cm³/mol. The van der Waals surface area contributed by atoms with Gasteiger partial charge < -0.3 is 9.47 Å². The fraction of sp³-hybridized carbons (Fsp3) is 0.983. The normalized spacial score (nSPS) is 54.8. The van der Waals surface area contributed by atoms with Crippen LogP contribution < -0.4 is 0 Å². The van der Waals surface area contributed by atoms with E-state index in [-0.39, 0.29) is 22.4 Å². The van der Waals surface area contributed by atoms with Gasteiger partial charge in [-0.15, -0.1) is 0 Å². The van der Waals surface area contributed by atoms with Crippen LogP contribution in [-0.4, -0.2) is 24.8 Å². The van der Waals surface area contributed by atoms with Crippen molar-refractivity contribution in [2.75, 3.05) is 13.2 Å². The number of esters is 1. The second-order valence-corrected chi connectivity index (χ2v) is 28.3. The van der Waals surface area contributed by atoms with E-state index in [1.54, 1.807) is 12.8 Å². The zero-order chi connectivity index (χ0) is 45.3. The molecular formula is C59H100O3. The van der Waals surface area contributed by atoms with Crippen molar-refractivity contribution < 1.29 is 14.3 Å². The molecule has 1 spiro atoms. The molecule has 0 aromatic rings. The summed E-state index contributed by atoms with van der Waals surface area (Å²) >= 11 is 0. The lowest BCUT2D eigenvalue weighted by molar-refractivity contribution is -0.154. The van der Waals surface area contributed by atoms with Crippen LogP contribution in [-0.2, 0) is 14.3 Å². The van der Waals surface area contributed by atoms with Crippen LogP contribution in [0.5, 0.6) is 0 Å². The van der Waals surface area contributed by atoms with Gasteiger partial charge in [0.2, 0.25) is 0 Å². The Balaban J connectivity index is 0.000000119. The molecule has 2 heterocycles. The minimum Gasteiger partial charge on any atom is -0.459 e. The average Bonchev–Trinajstić information content (AvgIpc) is 4.08. The predicted octanol–water partition coefficient (Wildman–Crippen LogP) is 15.4. The Bertz CT molecular complexity index is 1690. The Kier molecular flexibility index (Phi) is 11.0. The lowest BCUT2D eigenvalue weighted by atomic mass is 9.45. The number of hydrogen-bond donors (Lipinski definition) is 0. The topological polar surface area (TPSA) is 35.5 Å². The summed E-state index contributed by atoms with van der Waals surface area (Å²) in [5.41, 5.74) is 1.81. The van der Waals surface area contributed by atoms with Gasteiger partial charge in [0.25, 0.3) is 0 Å². The van der Waals surface area contributed by atoms with E-state index in [9.17, 15) is 4.79 Å². The van der Waals surface area contributed by atoms with E-state index in [0.717, 1.165) is 108 Å². The summed E-state index contributed by atoms with van der Waals surface area (Å²) in [5.74, 6) is 16.9. The molecule has 0 aromatic heterocycles. The summed E-state index contributed by atoms with van der Waals surface area (Å²) in [6, 6.07) is 0. The molecule has 3 nitrogen and oxygen atoms in total. The molecule has 11 rings (SSSR count). The van der Waals surface area contributed by atoms with E-state index < -0.39 is 0 Å². The highest BCUT2D eigenvalue weighted by Gasteiger charge is 2.82. The first-order chi connectivity index (χ1) is 28.9. The summed E-state index contributed by atoms with van der Waals surface area (Å²) in [6.07, 6.45) is 17.0. The van der Waals surface area contributed by atoms with Gasteiger partial charge in [-0.3, -0.25) is 4.79 Å². The third-order valence-corrected chi connectivity index (χ3v) is 26.7. The molecule has 0 radical (unpaired) electrons. The highest BCUT2D eigenvalue weighted by molar-refractivity contribution is 5.82. The van der Waals surface area contributed by atoms with E-state index in [1.165, 1.54) is 64.2 Å². The number of rotatable bonds is 6. The summed E-state index contributed by atoms with van der Waals surface area (Å²) in [5, 5.41) is 0. The molecule has 6 bridgehead atoms. The van der Waals surface area contributed by atoms with Gasteiger partial charge in [0, 0.05) is 10.8 Å². The van der Waals surface area contributed by atoms with Crippen molar-refractivity contribution in [1.29, 1.82) is 0 Å². The summed E-state index contributed by atoms with van der Waals surface area (Å²) < 4.78 is 12.1. The molecule has 11 fully saturated rings. The largest absolute Gasteiger partial charge is 0.459 e. The average molecular weight is 857 g/mol. The summed E-state index contributed by atoms with van der Waals surface area (Å²) in [7, 11) is 0. The zero-order valence-electron chi connectivity index (χ0n) is 44.0. The SMILES string of the molecule is CCC1CC(CC)C2C1C1CC2C(C)(C)C1(C)C.CCC1CC(CC)C2C1C1CC2C2(C)C(C)(C)OC(=O)C12C.CCC1CC(CC)C2C1C1CC2C2(COCC2(C)C)C1(C)C. The molecular weight excluding hydrogens is 757 g/mol. The first-order valence-corrected chi connectivity index (χ1v) is 27.7. The van der Waals surface area contributed by atoms with Crippen molar-refractivity contribution in [2.24, 2.45) is 144 Å². The third-order valence-electron chi connectivity index (χ3n) is 26.7. The van der Waals surface area contributed by atoms with Crippen molar-refractivity contribution >= 4 is 5.97 Å². The zero-order valence-corrected chi connectivity index (χ0v) is 44.0. The maximum absolute atomic E-state index is 12.9. The number of fused-ring (bicyclic) bond motifs is 19. The first kappa shape index (κ1) is 46.5. The summed E-state index contributed by atoms with van der Waals surface area (Å²) in [6.45, 7) is 45.9. The van der Waals surface area contributed by atoms with E-state index in [0.29, 0.717) is 38.9 Å². The van der Waals surface area contributed by atoms with Crippen LogP contribution in [0.1, 0.15) is 202 Å². The molecule has 3 heteroatoms. The van der Waals surface area contributed by atoms with Crippen LogP contribution in [0.25, 0.3) is 0 Å². The fourth-order valence-corrected chi connectivity index (χ4v) is 22.9. The van der Waals surface area contributed by atoms with Gasteiger partial charge in [0.05, 0.1) is 18.6 Å². The highest BCUT2D eigenvalue weighted by Crippen LogP contribution is 2.82. The number of cyclic esters (lactones) is 1. The molecule has 2 saturated heterocycles. The third kappa shape index (κ3) is 5.31. The van der Waals surface area contributed by atoms with Gasteiger partial charge >= 0.3 is 5.97 Å². The highest BCUT2D eigenvalue weighted by atomic mass is 16.6. The standard InChI is InChI=1S/C21H36O.C20H32O2.C18H32/c1-7-13-9-14(8-2)18-16-10-15(17(13)18)20(5,6)21(16)12-22-11-19(21,3)4;1-7-11-9-12(8-2)16-14-10-13(15(11)16)19(5)17(21)22-18(3,4)20(14,19)6;1-7-11-9-12(8-2)16-14-10-13(15(11)16)17(3,4)18(14,5)6/h13-18H,7-12H2,1-6H3;11-16H,7-10H2,1-6H3;11-16H,7-10H2,1-6H3. The second-order valence-electron chi connectivity index (χ2n) is 28.3. The van der Waals surface area contributed by atoms with E-state index in [4.69, 9.17) is 9.47 Å². The van der Waals surface area contributed by atoms with Crippen LogP contribution >= 0.6 is 0 Å². The minimum absolute atomic E-state index is 0.0129. The quantitative estimate of drug-likeness (QED) is 0.250. The van der Waals surface area contributed by atoms with Crippen LogP contribution in [0, 0.1) is 144 Å². The number of hydrogen-bond acceptors (Lipinski definition) is 3. The molecule has 21 atom stereocenters. The van der Waals surface area contributed by atoms with Crippen molar-refractivity contribution in [1.82, 2.24) is 0 Å². The van der Waals surface area contributed by atoms with Gasteiger partial charge in [0.15, 0.2) is 0 Å². The maximum Gasteiger partial charge on any atom is 0.313 e. The molecule has 354 valence electrons. The summed E-state index contributed by atoms with van der Waals surface area (Å²) in [4.78, 5) is 12.9. The van der Waals surface area contributed by atoms with Crippen molar-refractivity contribution in [3.05, 3.63) is 0 Å². The van der Waals surface area contributed by atoms with E-state index >= 15 is 0 Å². The molecule has 0 N–H and O–H groups in total. The van der Waals surface area contributed by atoms with Crippen LogP contribution in [0.3, 0.4) is 0 Å². The van der Waals surface area contributed by atoms with E-state index in [2.05, 4.69) is 125 Å². The van der Waals surface area contributed by atoms with Crippen LogP contribution in [0.15, 0.2) is 0 Å². The Morgan fingerprint density at radius 2 is 0.758 bits per heavy atom. The molecule has 2 aliphatic heterocycles. The van der Waals surface area contributed by atoms with Gasteiger partial charge in [-0.1, -0.05) is 142 Å². The number of ether oxygens (including phenoxy) is 2. The molecule has 62 heavy (non-hydrogen) atoms. The molecule has 0 aromatic carbocycles. The molecule has 21 unspecified atom stereocenters. The number of carbonyl (C=O) groups excluding carboxylic acids is 1. The van der Waals surface area contributed by atoms with Crippen LogP contribution in [0.2, 0.25) is 0 Å². The second kappa shape index (κ2) is 14.7. The van der Waals surface area contributed by atoms with Crippen molar-refractivity contribution in [3.63, 3.8) is 0 Å². The lowest BCUT2D eigenvalue weighted by Crippen LogP contribution is -2.56. The monoisotopic (exact) mass is 857 g/mol. The van der Waals surface area contributed by atoms with Crippen molar-refractivity contribution in [3.8, 4) is 0 Å². The van der Waals surface area contributed by atoms with Crippen molar-refractivity contribution in [2.45, 2.75) is 207 Å². The van der Waals surface area contributed by atoms with Gasteiger partial charge in [0.1, 0.15) is 5.60 Å². The van der Waals surface area contributed by atoms with E-state index in [1.807, 2.05) is 0 Å². The first-order valence-electron chi connectivity index (χ1n) is 27.7. The molecule has 11 aliphatic rings. The Morgan fingerprint density at radius 1 is 0.419 bits per heavy atom. The Morgan fingerprint density at radius 3 is 1.15 bits per heavy atom. The fourth-order valence-electron chi connectivity index (χ4n) is 22.9. The lowest BCUT2D eigenvalue weighted by Gasteiger charge is -2.58. The molecule has 0 amide bonds. The van der Waals surface area contributed by atoms with Gasteiger partial charge in [-0.05, 0) is 187 Å². The number of carbonyl (C=O) groups is 1. The Hall–Kier alpha value is -0.570. The van der Waals surface area contributed by atoms with Gasteiger partial charge in [-0.25, -0.2) is 0 Å².